The Labute approximate surface area is 103 Å². The summed E-state index contributed by atoms with van der Waals surface area (Å²) < 4.78 is 5.35. The van der Waals surface area contributed by atoms with Crippen LogP contribution in [0.1, 0.15) is 30.8 Å². The van der Waals surface area contributed by atoms with Gasteiger partial charge in [0.2, 0.25) is 0 Å². The fraction of sp³-hybridized carbons (Fsp3) is 0.545. The van der Waals surface area contributed by atoms with Crippen molar-refractivity contribution in [2.24, 2.45) is 5.92 Å². The fourth-order valence-corrected chi connectivity index (χ4v) is 2.45. The lowest BCUT2D eigenvalue weighted by molar-refractivity contribution is -0.126. The van der Waals surface area contributed by atoms with Crippen molar-refractivity contribution in [2.75, 3.05) is 11.9 Å². The SMILES string of the molecule is CC(=O)c1csc(NC(=O)C2OCCC2C)n1. The van der Waals surface area contributed by atoms with E-state index in [4.69, 9.17) is 4.74 Å². The molecule has 1 fully saturated rings. The summed E-state index contributed by atoms with van der Waals surface area (Å²) in [5, 5.41) is 4.76. The maximum absolute atomic E-state index is 11.8. The van der Waals surface area contributed by atoms with Crippen LogP contribution in [0.2, 0.25) is 0 Å². The molecule has 0 aliphatic carbocycles. The molecule has 1 saturated heterocycles. The van der Waals surface area contributed by atoms with E-state index in [1.165, 1.54) is 18.3 Å². The molecule has 1 aliphatic heterocycles. The van der Waals surface area contributed by atoms with Gasteiger partial charge in [0, 0.05) is 18.9 Å². The highest BCUT2D eigenvalue weighted by molar-refractivity contribution is 7.14. The zero-order valence-corrected chi connectivity index (χ0v) is 10.5. The van der Waals surface area contributed by atoms with Crippen molar-refractivity contribution in [2.45, 2.75) is 26.4 Å². The predicted octanol–water partition coefficient (Wildman–Crippen LogP) is 1.71. The van der Waals surface area contributed by atoms with Crippen molar-refractivity contribution >= 4 is 28.2 Å². The lowest BCUT2D eigenvalue weighted by Gasteiger charge is -2.12. The zero-order chi connectivity index (χ0) is 12.4. The number of hydrogen-bond donors (Lipinski definition) is 1. The molecule has 2 atom stereocenters. The third kappa shape index (κ3) is 2.70. The van der Waals surface area contributed by atoms with E-state index in [9.17, 15) is 9.59 Å². The number of carbonyl (C=O) groups excluding carboxylic acids is 2. The molecule has 1 aromatic rings. The third-order valence-electron chi connectivity index (χ3n) is 2.74. The van der Waals surface area contributed by atoms with Gasteiger partial charge in [-0.3, -0.25) is 14.9 Å². The lowest BCUT2D eigenvalue weighted by atomic mass is 10.0. The van der Waals surface area contributed by atoms with Crippen molar-refractivity contribution in [1.82, 2.24) is 4.98 Å². The van der Waals surface area contributed by atoms with Crippen LogP contribution in [0.4, 0.5) is 5.13 Å². The highest BCUT2D eigenvalue weighted by atomic mass is 32.1. The number of rotatable bonds is 3. The van der Waals surface area contributed by atoms with Crippen LogP contribution in [0.3, 0.4) is 0 Å². The first-order valence-electron chi connectivity index (χ1n) is 5.47. The first-order chi connectivity index (χ1) is 8.08. The smallest absolute Gasteiger partial charge is 0.255 e. The van der Waals surface area contributed by atoms with Gasteiger partial charge in [0.15, 0.2) is 10.9 Å². The second-order valence-electron chi connectivity index (χ2n) is 4.14. The fourth-order valence-electron chi connectivity index (χ4n) is 1.70. The molecule has 92 valence electrons. The Balaban J connectivity index is 2.00. The van der Waals surface area contributed by atoms with Gasteiger partial charge >= 0.3 is 0 Å². The van der Waals surface area contributed by atoms with Crippen molar-refractivity contribution in [3.05, 3.63) is 11.1 Å². The Hall–Kier alpha value is -1.27. The number of ketones is 1. The van der Waals surface area contributed by atoms with Crippen molar-refractivity contribution in [1.29, 1.82) is 0 Å². The first kappa shape index (κ1) is 12.2. The van der Waals surface area contributed by atoms with Crippen molar-refractivity contribution in [3.8, 4) is 0 Å². The number of Topliss-reactive ketones (excluding diaryl/α,β-unsaturated/α-hetero) is 1. The van der Waals surface area contributed by atoms with E-state index in [2.05, 4.69) is 10.3 Å². The standard InChI is InChI=1S/C11H14N2O3S/c1-6-3-4-16-9(6)10(15)13-11-12-8(5-17-11)7(2)14/h5-6,9H,3-4H2,1-2H3,(H,12,13,15). The van der Waals surface area contributed by atoms with E-state index in [-0.39, 0.29) is 17.6 Å². The van der Waals surface area contributed by atoms with Crippen molar-refractivity contribution < 1.29 is 14.3 Å². The van der Waals surface area contributed by atoms with Gasteiger partial charge in [0.1, 0.15) is 11.8 Å². The molecule has 0 saturated carbocycles. The van der Waals surface area contributed by atoms with Crippen LogP contribution in [0.25, 0.3) is 0 Å². The van der Waals surface area contributed by atoms with Crippen LogP contribution in [0.15, 0.2) is 5.38 Å². The molecule has 1 aliphatic rings. The first-order valence-corrected chi connectivity index (χ1v) is 6.35. The summed E-state index contributed by atoms with van der Waals surface area (Å²) in [7, 11) is 0. The number of aromatic nitrogens is 1. The van der Waals surface area contributed by atoms with E-state index in [1.54, 1.807) is 5.38 Å². The molecule has 5 nitrogen and oxygen atoms in total. The average Bonchev–Trinajstić information content (AvgIpc) is 2.86. The van der Waals surface area contributed by atoms with Crippen molar-refractivity contribution in [3.63, 3.8) is 0 Å². The highest BCUT2D eigenvalue weighted by Crippen LogP contribution is 2.22. The number of anilines is 1. The van der Waals surface area contributed by atoms with Gasteiger partial charge in [-0.05, 0) is 12.3 Å². The van der Waals surface area contributed by atoms with Gasteiger partial charge in [-0.2, -0.15) is 0 Å². The Bertz CT molecular complexity index is 444. The maximum Gasteiger partial charge on any atom is 0.255 e. The molecule has 2 rings (SSSR count). The highest BCUT2D eigenvalue weighted by Gasteiger charge is 2.31. The normalized spacial score (nSPS) is 23.6. The van der Waals surface area contributed by atoms with E-state index < -0.39 is 6.10 Å². The number of carbonyl (C=O) groups is 2. The molecule has 1 aromatic heterocycles. The van der Waals surface area contributed by atoms with Crippen LogP contribution in [0.5, 0.6) is 0 Å². The summed E-state index contributed by atoms with van der Waals surface area (Å²) in [6.45, 7) is 4.05. The number of amides is 1. The number of hydrogen-bond acceptors (Lipinski definition) is 5. The molecule has 0 spiro atoms. The van der Waals surface area contributed by atoms with Crippen LogP contribution in [0, 0.1) is 5.92 Å². The maximum atomic E-state index is 11.8. The molecule has 0 bridgehead atoms. The quantitative estimate of drug-likeness (QED) is 0.834. The van der Waals surface area contributed by atoms with E-state index in [1.807, 2.05) is 6.92 Å². The van der Waals surface area contributed by atoms with Gasteiger partial charge in [0.05, 0.1) is 0 Å². The van der Waals surface area contributed by atoms with Crippen LogP contribution < -0.4 is 5.32 Å². The lowest BCUT2D eigenvalue weighted by Crippen LogP contribution is -2.31. The van der Waals surface area contributed by atoms with Crippen LogP contribution >= 0.6 is 11.3 Å². The molecule has 0 aromatic carbocycles. The molecule has 6 heteroatoms. The molecular formula is C11H14N2O3S. The van der Waals surface area contributed by atoms with E-state index in [0.717, 1.165) is 6.42 Å². The van der Waals surface area contributed by atoms with Gasteiger partial charge in [-0.1, -0.05) is 6.92 Å². The molecule has 2 unspecified atom stereocenters. The van der Waals surface area contributed by atoms with E-state index in [0.29, 0.717) is 17.4 Å². The Morgan fingerprint density at radius 1 is 1.59 bits per heavy atom. The number of nitrogens with one attached hydrogen (secondary N) is 1. The van der Waals surface area contributed by atoms with Crippen LogP contribution in [-0.4, -0.2) is 29.4 Å². The largest absolute Gasteiger partial charge is 0.368 e. The summed E-state index contributed by atoms with van der Waals surface area (Å²) in [5.41, 5.74) is 0.380. The second-order valence-corrected chi connectivity index (χ2v) is 5.00. The Morgan fingerprint density at radius 3 is 2.88 bits per heavy atom. The summed E-state index contributed by atoms with van der Waals surface area (Å²) in [5.74, 6) is -0.0612. The summed E-state index contributed by atoms with van der Waals surface area (Å²) in [4.78, 5) is 26.9. The molecule has 1 N–H and O–H groups in total. The molecular weight excluding hydrogens is 240 g/mol. The second kappa shape index (κ2) is 4.93. The minimum absolute atomic E-state index is 0.104. The molecule has 0 radical (unpaired) electrons. The Kier molecular flexibility index (Phi) is 3.54. The number of thiazole rings is 1. The van der Waals surface area contributed by atoms with Gasteiger partial charge in [-0.15, -0.1) is 11.3 Å². The average molecular weight is 254 g/mol. The van der Waals surface area contributed by atoms with Gasteiger partial charge in [-0.25, -0.2) is 4.98 Å². The zero-order valence-electron chi connectivity index (χ0n) is 9.73. The monoisotopic (exact) mass is 254 g/mol. The summed E-state index contributed by atoms with van der Waals surface area (Å²) >= 11 is 1.25. The molecule has 2 heterocycles. The number of nitrogens with zero attached hydrogens (tertiary/aromatic N) is 1. The summed E-state index contributed by atoms with van der Waals surface area (Å²) in [6.07, 6.45) is 0.494. The van der Waals surface area contributed by atoms with Crippen LogP contribution in [-0.2, 0) is 9.53 Å². The summed E-state index contributed by atoms with van der Waals surface area (Å²) in [6, 6.07) is 0. The third-order valence-corrected chi connectivity index (χ3v) is 3.50. The molecule has 1 amide bonds. The minimum Gasteiger partial charge on any atom is -0.368 e. The predicted molar refractivity (Wildman–Crippen MR) is 64.3 cm³/mol. The van der Waals surface area contributed by atoms with Gasteiger partial charge < -0.3 is 4.74 Å². The van der Waals surface area contributed by atoms with Gasteiger partial charge in [0.25, 0.3) is 5.91 Å². The van der Waals surface area contributed by atoms with E-state index >= 15 is 0 Å². The number of ether oxygens (including phenoxy) is 1. The minimum atomic E-state index is -0.403. The molecule has 17 heavy (non-hydrogen) atoms. The Morgan fingerprint density at radius 2 is 2.35 bits per heavy atom. The topological polar surface area (TPSA) is 68.3 Å².